The first-order valence-corrected chi connectivity index (χ1v) is 22.9. The molecule has 0 N–H and O–H groups in total. The highest BCUT2D eigenvalue weighted by Crippen LogP contribution is 2.14. The Morgan fingerprint density at radius 2 is 1.08 bits per heavy atom. The second kappa shape index (κ2) is 32.1. The molecule has 6 rings (SSSR count). The normalized spacial score (nSPS) is 15.5. The summed E-state index contributed by atoms with van der Waals surface area (Å²) in [5, 5.41) is 17.9. The number of unbranched alkanes of at least 4 members (excludes halogenated alkanes) is 1. The van der Waals surface area contributed by atoms with Crippen LogP contribution >= 0.6 is 11.6 Å². The Labute approximate surface area is 379 Å². The molecular weight excluding hydrogens is 796 g/mol. The molecule has 11 nitrogen and oxygen atoms in total. The SMILES string of the molecule is CC.CC(C)N1CCN(C(=O)c2cccc(C#N)c2)CC1.CC(C)N1CCN(C)CC1.CCCC.CCN1CCN(C(=O)c2ccc(Cl)cc2)CC1.N#Cc1ccc(C=O)cc1. The molecule has 0 unspecified atom stereocenters. The Balaban J connectivity index is 0.000000409. The number of aldehydes is 1. The molecule has 3 aromatic rings. The van der Waals surface area contributed by atoms with Crippen molar-refractivity contribution in [3.63, 3.8) is 0 Å². The van der Waals surface area contributed by atoms with Crippen molar-refractivity contribution < 1.29 is 14.4 Å². The second-order valence-electron chi connectivity index (χ2n) is 15.6. The number of rotatable bonds is 7. The smallest absolute Gasteiger partial charge is 0.253 e. The van der Waals surface area contributed by atoms with E-state index >= 15 is 0 Å². The number of benzene rings is 3. The summed E-state index contributed by atoms with van der Waals surface area (Å²) in [6.45, 7) is 32.3. The Hall–Kier alpha value is -4.62. The van der Waals surface area contributed by atoms with Crippen LogP contribution in [0.4, 0.5) is 0 Å². The molecule has 62 heavy (non-hydrogen) atoms. The maximum atomic E-state index is 12.3. The van der Waals surface area contributed by atoms with Gasteiger partial charge in [-0.1, -0.05) is 77.3 Å². The summed E-state index contributed by atoms with van der Waals surface area (Å²) in [5.74, 6) is 0.137. The van der Waals surface area contributed by atoms with Gasteiger partial charge < -0.3 is 19.6 Å². The molecule has 3 fully saturated rings. The van der Waals surface area contributed by atoms with Crippen LogP contribution in [-0.2, 0) is 0 Å². The number of carbonyl (C=O) groups is 3. The third-order valence-corrected chi connectivity index (χ3v) is 11.0. The van der Waals surface area contributed by atoms with Gasteiger partial charge in [0.2, 0.25) is 0 Å². The minimum atomic E-state index is 0.0282. The number of nitriles is 2. The van der Waals surface area contributed by atoms with Gasteiger partial charge in [0, 0.05) is 112 Å². The van der Waals surface area contributed by atoms with Gasteiger partial charge in [0.05, 0.1) is 23.3 Å². The number of halogens is 1. The number of amides is 2. The topological polar surface area (TPSA) is 118 Å². The predicted molar refractivity (Wildman–Crippen MR) is 256 cm³/mol. The number of hydrogen-bond donors (Lipinski definition) is 0. The first-order valence-electron chi connectivity index (χ1n) is 22.5. The average Bonchev–Trinajstić information content (AvgIpc) is 3.32. The van der Waals surface area contributed by atoms with Crippen LogP contribution in [-0.4, -0.2) is 152 Å². The summed E-state index contributed by atoms with van der Waals surface area (Å²) in [7, 11) is 2.19. The van der Waals surface area contributed by atoms with Crippen molar-refractivity contribution in [3.05, 3.63) is 106 Å². The van der Waals surface area contributed by atoms with Crippen LogP contribution < -0.4 is 0 Å². The van der Waals surface area contributed by atoms with E-state index < -0.39 is 0 Å². The Morgan fingerprint density at radius 1 is 0.629 bits per heavy atom. The van der Waals surface area contributed by atoms with Crippen molar-refractivity contribution in [1.82, 2.24) is 29.4 Å². The van der Waals surface area contributed by atoms with E-state index in [1.54, 1.807) is 72.8 Å². The maximum absolute atomic E-state index is 12.3. The number of carbonyl (C=O) groups excluding carboxylic acids is 3. The Bertz CT molecular complexity index is 1760. The van der Waals surface area contributed by atoms with Gasteiger partial charge in [-0.3, -0.25) is 24.2 Å². The van der Waals surface area contributed by atoms with E-state index in [2.05, 4.69) is 81.2 Å². The lowest BCUT2D eigenvalue weighted by Gasteiger charge is -2.37. The Kier molecular flexibility index (Phi) is 28.7. The molecule has 3 saturated heterocycles. The number of hydrogen-bond acceptors (Lipinski definition) is 9. The highest BCUT2D eigenvalue weighted by Gasteiger charge is 2.24. The summed E-state index contributed by atoms with van der Waals surface area (Å²) in [4.78, 5) is 48.1. The van der Waals surface area contributed by atoms with Crippen molar-refractivity contribution in [3.8, 4) is 12.1 Å². The fourth-order valence-electron chi connectivity index (χ4n) is 6.36. The fourth-order valence-corrected chi connectivity index (χ4v) is 6.49. The predicted octanol–water partition coefficient (Wildman–Crippen LogP) is 8.69. The molecule has 0 bridgehead atoms. The fraction of sp³-hybridized carbons (Fsp3) is 0.540. The van der Waals surface area contributed by atoms with E-state index in [1.807, 2.05) is 29.7 Å². The second-order valence-corrected chi connectivity index (χ2v) is 16.1. The largest absolute Gasteiger partial charge is 0.336 e. The van der Waals surface area contributed by atoms with E-state index in [-0.39, 0.29) is 11.8 Å². The monoisotopic (exact) mass is 871 g/mol. The molecule has 0 aliphatic carbocycles. The molecule has 3 aromatic carbocycles. The minimum absolute atomic E-state index is 0.0282. The lowest BCUT2D eigenvalue weighted by molar-refractivity contribution is 0.0594. The zero-order chi connectivity index (χ0) is 46.5. The highest BCUT2D eigenvalue weighted by molar-refractivity contribution is 6.30. The third-order valence-electron chi connectivity index (χ3n) is 10.7. The van der Waals surface area contributed by atoms with Gasteiger partial charge in [0.1, 0.15) is 6.29 Å². The van der Waals surface area contributed by atoms with Crippen LogP contribution in [0.15, 0.2) is 72.8 Å². The molecular formula is C50H75ClN8O3. The quantitative estimate of drug-likeness (QED) is 0.215. The van der Waals surface area contributed by atoms with Gasteiger partial charge in [-0.05, 0) is 95.9 Å². The van der Waals surface area contributed by atoms with Gasteiger partial charge in [-0.15, -0.1) is 0 Å². The zero-order valence-corrected chi connectivity index (χ0v) is 40.2. The Morgan fingerprint density at radius 3 is 1.50 bits per heavy atom. The number of nitrogens with zero attached hydrogens (tertiary/aromatic N) is 8. The number of likely N-dealkylation sites (N-methyl/N-ethyl adjacent to an activating group) is 2. The molecule has 2 amide bonds. The maximum Gasteiger partial charge on any atom is 0.253 e. The molecule has 3 heterocycles. The van der Waals surface area contributed by atoms with Crippen LogP contribution in [0.1, 0.15) is 117 Å². The van der Waals surface area contributed by atoms with Crippen molar-refractivity contribution in [2.24, 2.45) is 0 Å². The molecule has 3 aliphatic heterocycles. The third kappa shape index (κ3) is 21.0. The molecule has 0 saturated carbocycles. The molecule has 340 valence electrons. The van der Waals surface area contributed by atoms with Gasteiger partial charge >= 0.3 is 0 Å². The molecule has 12 heteroatoms. The molecule has 0 radical (unpaired) electrons. The van der Waals surface area contributed by atoms with Crippen molar-refractivity contribution in [2.45, 2.75) is 87.2 Å². The summed E-state index contributed by atoms with van der Waals surface area (Å²) >= 11 is 5.81. The molecule has 0 spiro atoms. The molecule has 3 aliphatic rings. The summed E-state index contributed by atoms with van der Waals surface area (Å²) in [6.07, 6.45) is 3.39. The lowest BCUT2D eigenvalue weighted by Crippen LogP contribution is -2.50. The highest BCUT2D eigenvalue weighted by atomic mass is 35.5. The standard InChI is InChI=1S/C15H19N3O.C13H17ClN2O.C8H18N2.C8H5NO.C4H10.C2H6/c1-12(2)17-6-8-18(9-7-17)15(19)14-5-3-4-13(10-14)11-16;1-2-15-7-9-16(10-8-15)13(17)11-3-5-12(14)6-4-11;1-8(2)10-6-4-9(3)5-7-10;9-5-7-1-3-8(6-10)4-2-7;1-3-4-2;1-2/h3-5,10,12H,6-9H2,1-2H3;3-6H,2,7-10H2,1H3;8H,4-7H2,1-3H3;1-4,6H;3-4H2,1-2H3;1-2H3. The van der Waals surface area contributed by atoms with E-state index in [4.69, 9.17) is 22.1 Å². The number of piperazine rings is 3. The van der Waals surface area contributed by atoms with Crippen molar-refractivity contribution in [1.29, 1.82) is 10.5 Å². The first-order chi connectivity index (χ1) is 29.8. The van der Waals surface area contributed by atoms with Gasteiger partial charge in [0.25, 0.3) is 11.8 Å². The summed E-state index contributed by atoms with van der Waals surface area (Å²) in [5.41, 5.74) is 3.03. The molecule has 0 aromatic heterocycles. The minimum Gasteiger partial charge on any atom is -0.336 e. The van der Waals surface area contributed by atoms with Gasteiger partial charge in [-0.25, -0.2) is 0 Å². The van der Waals surface area contributed by atoms with Crippen LogP contribution in [0, 0.1) is 22.7 Å². The zero-order valence-electron chi connectivity index (χ0n) is 39.4. The van der Waals surface area contributed by atoms with Crippen molar-refractivity contribution >= 4 is 29.7 Å². The van der Waals surface area contributed by atoms with Crippen LogP contribution in [0.2, 0.25) is 5.02 Å². The van der Waals surface area contributed by atoms with Crippen LogP contribution in [0.3, 0.4) is 0 Å². The van der Waals surface area contributed by atoms with Gasteiger partial charge in [-0.2, -0.15) is 10.5 Å². The van der Waals surface area contributed by atoms with Crippen molar-refractivity contribution in [2.75, 3.05) is 92.1 Å². The summed E-state index contributed by atoms with van der Waals surface area (Å²) in [6, 6.07) is 25.8. The lowest BCUT2D eigenvalue weighted by atomic mass is 10.1. The van der Waals surface area contributed by atoms with E-state index in [9.17, 15) is 14.4 Å². The van der Waals surface area contributed by atoms with Gasteiger partial charge in [0.15, 0.2) is 0 Å². The van der Waals surface area contributed by atoms with E-state index in [0.29, 0.717) is 33.3 Å². The van der Waals surface area contributed by atoms with E-state index in [0.717, 1.165) is 76.8 Å². The van der Waals surface area contributed by atoms with Crippen LogP contribution in [0.25, 0.3) is 0 Å². The first kappa shape index (κ1) is 55.4. The average molecular weight is 872 g/mol. The van der Waals surface area contributed by atoms with E-state index in [1.165, 1.54) is 39.0 Å². The molecule has 0 atom stereocenters. The van der Waals surface area contributed by atoms with Crippen LogP contribution in [0.5, 0.6) is 0 Å². The summed E-state index contributed by atoms with van der Waals surface area (Å²) < 4.78 is 0.